The molecule has 2 heterocycles. The van der Waals surface area contributed by atoms with Crippen molar-refractivity contribution in [1.82, 2.24) is 19.9 Å². The third kappa shape index (κ3) is 4.05. The van der Waals surface area contributed by atoms with E-state index in [1.54, 1.807) is 6.21 Å². The van der Waals surface area contributed by atoms with Crippen molar-refractivity contribution in [2.75, 3.05) is 17.4 Å². The zero-order valence-corrected chi connectivity index (χ0v) is 17.2. The summed E-state index contributed by atoms with van der Waals surface area (Å²) in [6.07, 6.45) is 3.68. The van der Waals surface area contributed by atoms with Gasteiger partial charge in [0, 0.05) is 34.7 Å². The maximum absolute atomic E-state index is 5.24. The van der Waals surface area contributed by atoms with E-state index < -0.39 is 0 Å². The summed E-state index contributed by atoms with van der Waals surface area (Å²) in [5, 5.41) is 5.42. The van der Waals surface area contributed by atoms with Gasteiger partial charge in [-0.2, -0.15) is 20.1 Å². The van der Waals surface area contributed by atoms with Crippen molar-refractivity contribution < 1.29 is 4.74 Å². The van der Waals surface area contributed by atoms with E-state index in [0.717, 1.165) is 16.5 Å². The van der Waals surface area contributed by atoms with Crippen LogP contribution in [0.25, 0.3) is 10.9 Å². The largest absolute Gasteiger partial charge is 0.467 e. The maximum Gasteiger partial charge on any atom is 0.322 e. The number of anilines is 2. The summed E-state index contributed by atoms with van der Waals surface area (Å²) >= 11 is 0. The molecule has 8 nitrogen and oxygen atoms in total. The highest BCUT2D eigenvalue weighted by molar-refractivity contribution is 6.00. The van der Waals surface area contributed by atoms with Gasteiger partial charge in [0.25, 0.3) is 5.95 Å². The SMILES string of the molecule is COc1nc(N/N=C\c2c[nH]c3c(C)cccc23)nc(N(C(C)C)C(C)C)n1. The standard InChI is InChI=1S/C20H27N7O/c1-12(2)27(13(3)4)19-23-18(24-20(25-19)28-6)26-22-11-15-10-21-17-14(5)8-7-9-16(15)17/h7-13,21H,1-6H3,(H,23,24,25,26)/b22-11-. The smallest absolute Gasteiger partial charge is 0.322 e. The van der Waals surface area contributed by atoms with Crippen LogP contribution in [0.5, 0.6) is 6.01 Å². The van der Waals surface area contributed by atoms with E-state index in [4.69, 9.17) is 4.74 Å². The second kappa shape index (κ2) is 8.24. The molecular weight excluding hydrogens is 354 g/mol. The van der Waals surface area contributed by atoms with E-state index >= 15 is 0 Å². The molecule has 2 N–H and O–H groups in total. The predicted octanol–water partition coefficient (Wildman–Crippen LogP) is 3.74. The van der Waals surface area contributed by atoms with E-state index in [0.29, 0.717) is 11.9 Å². The van der Waals surface area contributed by atoms with Crippen molar-refractivity contribution >= 4 is 29.0 Å². The van der Waals surface area contributed by atoms with Gasteiger partial charge in [0.1, 0.15) is 0 Å². The Balaban J connectivity index is 1.86. The van der Waals surface area contributed by atoms with Gasteiger partial charge in [-0.15, -0.1) is 0 Å². The van der Waals surface area contributed by atoms with Crippen LogP contribution in [-0.2, 0) is 0 Å². The third-order valence-corrected chi connectivity index (χ3v) is 4.45. The van der Waals surface area contributed by atoms with Gasteiger partial charge in [-0.25, -0.2) is 5.43 Å². The van der Waals surface area contributed by atoms with E-state index in [1.165, 1.54) is 12.7 Å². The molecule has 0 radical (unpaired) electrons. The number of aromatic amines is 1. The number of aryl methyl sites for hydroxylation is 1. The predicted molar refractivity (Wildman–Crippen MR) is 113 cm³/mol. The van der Waals surface area contributed by atoms with Crippen molar-refractivity contribution in [2.45, 2.75) is 46.7 Å². The Kier molecular flexibility index (Phi) is 5.77. The number of fused-ring (bicyclic) bond motifs is 1. The summed E-state index contributed by atoms with van der Waals surface area (Å²) in [6, 6.07) is 6.89. The highest BCUT2D eigenvalue weighted by Gasteiger charge is 2.19. The number of nitrogens with one attached hydrogen (secondary N) is 2. The first-order valence-corrected chi connectivity index (χ1v) is 9.35. The van der Waals surface area contributed by atoms with E-state index in [-0.39, 0.29) is 18.1 Å². The molecule has 0 amide bonds. The Morgan fingerprint density at radius 2 is 1.89 bits per heavy atom. The van der Waals surface area contributed by atoms with E-state index in [1.807, 2.05) is 12.3 Å². The Hall–Kier alpha value is -3.16. The minimum Gasteiger partial charge on any atom is -0.467 e. The van der Waals surface area contributed by atoms with Crippen molar-refractivity contribution in [3.8, 4) is 6.01 Å². The average molecular weight is 381 g/mol. The summed E-state index contributed by atoms with van der Waals surface area (Å²) < 4.78 is 5.24. The van der Waals surface area contributed by atoms with Crippen LogP contribution in [0.4, 0.5) is 11.9 Å². The number of rotatable bonds is 7. The molecule has 0 fully saturated rings. The topological polar surface area (TPSA) is 91.3 Å². The molecule has 28 heavy (non-hydrogen) atoms. The Morgan fingerprint density at radius 1 is 1.14 bits per heavy atom. The highest BCUT2D eigenvalue weighted by Crippen LogP contribution is 2.21. The first-order valence-electron chi connectivity index (χ1n) is 9.35. The number of ether oxygens (including phenoxy) is 1. The van der Waals surface area contributed by atoms with Crippen molar-refractivity contribution in [2.24, 2.45) is 5.10 Å². The van der Waals surface area contributed by atoms with Crippen LogP contribution in [0.2, 0.25) is 0 Å². The lowest BCUT2D eigenvalue weighted by Crippen LogP contribution is -2.38. The summed E-state index contributed by atoms with van der Waals surface area (Å²) in [5.41, 5.74) is 6.18. The van der Waals surface area contributed by atoms with Crippen molar-refractivity contribution in [1.29, 1.82) is 0 Å². The number of hydrazone groups is 1. The van der Waals surface area contributed by atoms with Crippen LogP contribution in [0.3, 0.4) is 0 Å². The molecule has 0 aliphatic carbocycles. The molecule has 0 saturated heterocycles. The molecule has 3 rings (SSSR count). The second-order valence-electron chi connectivity index (χ2n) is 7.15. The molecule has 0 saturated carbocycles. The van der Waals surface area contributed by atoms with Crippen LogP contribution < -0.4 is 15.1 Å². The number of methoxy groups -OCH3 is 1. The van der Waals surface area contributed by atoms with E-state index in [2.05, 4.69) is 82.1 Å². The summed E-state index contributed by atoms with van der Waals surface area (Å²) in [7, 11) is 1.54. The molecule has 1 aromatic carbocycles. The zero-order valence-electron chi connectivity index (χ0n) is 17.2. The lowest BCUT2D eigenvalue weighted by atomic mass is 10.1. The lowest BCUT2D eigenvalue weighted by molar-refractivity contribution is 0.377. The van der Waals surface area contributed by atoms with Gasteiger partial charge < -0.3 is 14.6 Å². The molecule has 2 aromatic heterocycles. The first kappa shape index (κ1) is 19.6. The highest BCUT2D eigenvalue weighted by atomic mass is 16.5. The molecule has 0 atom stereocenters. The zero-order chi connectivity index (χ0) is 20.3. The fourth-order valence-corrected chi connectivity index (χ4v) is 3.25. The van der Waals surface area contributed by atoms with Gasteiger partial charge in [-0.05, 0) is 40.2 Å². The Morgan fingerprint density at radius 3 is 2.57 bits per heavy atom. The lowest BCUT2D eigenvalue weighted by Gasteiger charge is -2.30. The monoisotopic (exact) mass is 381 g/mol. The van der Waals surface area contributed by atoms with Crippen LogP contribution >= 0.6 is 0 Å². The van der Waals surface area contributed by atoms with Gasteiger partial charge in [0.05, 0.1) is 13.3 Å². The van der Waals surface area contributed by atoms with Crippen LogP contribution in [0, 0.1) is 6.92 Å². The minimum atomic E-state index is 0.234. The molecule has 0 aliphatic rings. The molecule has 8 heteroatoms. The fraction of sp³-hybridized carbons (Fsp3) is 0.400. The van der Waals surface area contributed by atoms with Crippen LogP contribution in [0.1, 0.15) is 38.8 Å². The quantitative estimate of drug-likeness (QED) is 0.478. The summed E-state index contributed by atoms with van der Waals surface area (Å²) in [5.74, 6) is 0.887. The van der Waals surface area contributed by atoms with Crippen molar-refractivity contribution in [3.63, 3.8) is 0 Å². The first-order chi connectivity index (χ1) is 13.4. The number of hydrogen-bond donors (Lipinski definition) is 2. The van der Waals surface area contributed by atoms with Crippen LogP contribution in [-0.4, -0.2) is 45.3 Å². The van der Waals surface area contributed by atoms with Gasteiger partial charge in [0.15, 0.2) is 0 Å². The Bertz CT molecular complexity index is 970. The molecule has 0 bridgehead atoms. The minimum absolute atomic E-state index is 0.234. The Labute approximate surface area is 165 Å². The number of H-pyrrole nitrogens is 1. The van der Waals surface area contributed by atoms with Gasteiger partial charge in [-0.1, -0.05) is 18.2 Å². The second-order valence-corrected chi connectivity index (χ2v) is 7.15. The number of benzene rings is 1. The van der Waals surface area contributed by atoms with Crippen LogP contribution in [0.15, 0.2) is 29.5 Å². The van der Waals surface area contributed by atoms with Gasteiger partial charge >= 0.3 is 6.01 Å². The number of hydrogen-bond acceptors (Lipinski definition) is 7. The maximum atomic E-state index is 5.24. The summed E-state index contributed by atoms with van der Waals surface area (Å²) in [6.45, 7) is 10.5. The number of para-hydroxylation sites is 1. The van der Waals surface area contributed by atoms with Crippen molar-refractivity contribution in [3.05, 3.63) is 35.5 Å². The number of nitrogens with zero attached hydrogens (tertiary/aromatic N) is 5. The molecule has 148 valence electrons. The molecule has 0 aliphatic heterocycles. The van der Waals surface area contributed by atoms with E-state index in [9.17, 15) is 0 Å². The molecule has 0 spiro atoms. The number of aromatic nitrogens is 4. The molecular formula is C20H27N7O. The normalized spacial score (nSPS) is 11.7. The summed E-state index contributed by atoms with van der Waals surface area (Å²) in [4.78, 5) is 18.5. The van der Waals surface area contributed by atoms with Gasteiger partial charge in [-0.3, -0.25) is 0 Å². The third-order valence-electron chi connectivity index (χ3n) is 4.45. The average Bonchev–Trinajstić information content (AvgIpc) is 3.05. The fourth-order valence-electron chi connectivity index (χ4n) is 3.25. The molecule has 3 aromatic rings. The molecule has 0 unspecified atom stereocenters. The van der Waals surface area contributed by atoms with Gasteiger partial charge in [0.2, 0.25) is 5.95 Å².